The van der Waals surface area contributed by atoms with Gasteiger partial charge in [-0.1, -0.05) is 18.2 Å². The van der Waals surface area contributed by atoms with Crippen LogP contribution in [0.5, 0.6) is 0 Å². The van der Waals surface area contributed by atoms with E-state index >= 15 is 0 Å². The zero-order valence-corrected chi connectivity index (χ0v) is 9.42. The fourth-order valence-corrected chi connectivity index (χ4v) is 2.03. The maximum Gasteiger partial charge on any atom is 0.354 e. The molecule has 2 heterocycles. The third kappa shape index (κ3) is 1.64. The molecular weight excluding hydrogens is 228 g/mol. The van der Waals surface area contributed by atoms with Crippen molar-refractivity contribution >= 4 is 16.9 Å². The maximum atomic E-state index is 10.9. The lowest BCUT2D eigenvalue weighted by atomic mass is 10.1. The van der Waals surface area contributed by atoms with Gasteiger partial charge in [0.15, 0.2) is 0 Å². The predicted molar refractivity (Wildman–Crippen MR) is 68.5 cm³/mol. The van der Waals surface area contributed by atoms with Crippen molar-refractivity contribution in [2.45, 2.75) is 0 Å². The summed E-state index contributed by atoms with van der Waals surface area (Å²) in [5.41, 5.74) is 2.91. The Morgan fingerprint density at radius 2 is 2.06 bits per heavy atom. The minimum absolute atomic E-state index is 0.0535. The van der Waals surface area contributed by atoms with E-state index in [0.717, 1.165) is 22.0 Å². The first-order valence-electron chi connectivity index (χ1n) is 5.51. The van der Waals surface area contributed by atoms with Crippen LogP contribution in [0.25, 0.3) is 22.0 Å². The van der Waals surface area contributed by atoms with E-state index in [4.69, 9.17) is 5.11 Å². The number of aromatic amines is 1. The Morgan fingerprint density at radius 1 is 1.22 bits per heavy atom. The summed E-state index contributed by atoms with van der Waals surface area (Å²) < 4.78 is 0. The second-order valence-corrected chi connectivity index (χ2v) is 3.98. The van der Waals surface area contributed by atoms with Gasteiger partial charge in [-0.3, -0.25) is 0 Å². The zero-order chi connectivity index (χ0) is 12.5. The van der Waals surface area contributed by atoms with Crippen molar-refractivity contribution < 1.29 is 9.90 Å². The highest BCUT2D eigenvalue weighted by Crippen LogP contribution is 2.28. The smallest absolute Gasteiger partial charge is 0.354 e. The fraction of sp³-hybridized carbons (Fsp3) is 0. The number of nitrogens with one attached hydrogen (secondary N) is 1. The van der Waals surface area contributed by atoms with Crippen LogP contribution in [0.1, 0.15) is 10.5 Å². The van der Waals surface area contributed by atoms with Gasteiger partial charge < -0.3 is 10.1 Å². The lowest BCUT2D eigenvalue weighted by Crippen LogP contribution is -1.99. The van der Waals surface area contributed by atoms with Crippen LogP contribution in [-0.4, -0.2) is 21.0 Å². The number of rotatable bonds is 2. The third-order valence-corrected chi connectivity index (χ3v) is 2.88. The summed E-state index contributed by atoms with van der Waals surface area (Å²) in [6.45, 7) is 0. The molecule has 2 aromatic heterocycles. The number of carbonyl (C=O) groups is 1. The first-order chi connectivity index (χ1) is 8.75. The summed E-state index contributed by atoms with van der Waals surface area (Å²) in [6.07, 6.45) is 3.40. The largest absolute Gasteiger partial charge is 0.477 e. The van der Waals surface area contributed by atoms with Crippen molar-refractivity contribution in [1.29, 1.82) is 0 Å². The Labute approximate surface area is 103 Å². The lowest BCUT2D eigenvalue weighted by Gasteiger charge is -2.00. The molecule has 3 rings (SSSR count). The first-order valence-corrected chi connectivity index (χ1v) is 5.51. The number of para-hydroxylation sites is 1. The van der Waals surface area contributed by atoms with Crippen LogP contribution in [0.3, 0.4) is 0 Å². The number of aromatic nitrogens is 2. The average molecular weight is 238 g/mol. The normalized spacial score (nSPS) is 10.7. The molecule has 0 aliphatic heterocycles. The molecule has 88 valence electrons. The van der Waals surface area contributed by atoms with Gasteiger partial charge >= 0.3 is 5.97 Å². The molecule has 0 unspecified atom stereocenters. The van der Waals surface area contributed by atoms with Crippen molar-refractivity contribution in [2.75, 3.05) is 0 Å². The van der Waals surface area contributed by atoms with E-state index in [9.17, 15) is 4.79 Å². The van der Waals surface area contributed by atoms with Crippen molar-refractivity contribution in [3.8, 4) is 11.1 Å². The highest BCUT2D eigenvalue weighted by Gasteiger charge is 2.09. The number of carboxylic acids is 1. The molecule has 0 amide bonds. The fourth-order valence-electron chi connectivity index (χ4n) is 2.03. The van der Waals surface area contributed by atoms with E-state index in [-0.39, 0.29) is 5.69 Å². The van der Waals surface area contributed by atoms with Crippen molar-refractivity contribution in [3.05, 3.63) is 54.5 Å². The van der Waals surface area contributed by atoms with E-state index < -0.39 is 5.97 Å². The Balaban J connectivity index is 2.20. The first kappa shape index (κ1) is 10.5. The monoisotopic (exact) mass is 238 g/mol. The van der Waals surface area contributed by atoms with Gasteiger partial charge in [-0.2, -0.15) is 0 Å². The van der Waals surface area contributed by atoms with Crippen LogP contribution >= 0.6 is 0 Å². The SMILES string of the molecule is O=C(O)c1cc(-c2c[nH]c3ccccc23)ccn1. The molecule has 0 saturated carbocycles. The summed E-state index contributed by atoms with van der Waals surface area (Å²) in [6, 6.07) is 11.3. The summed E-state index contributed by atoms with van der Waals surface area (Å²) in [5.74, 6) is -1.02. The van der Waals surface area contributed by atoms with Crippen LogP contribution in [0, 0.1) is 0 Å². The van der Waals surface area contributed by atoms with Gasteiger partial charge in [-0.25, -0.2) is 9.78 Å². The molecule has 3 aromatic rings. The Hall–Kier alpha value is -2.62. The quantitative estimate of drug-likeness (QED) is 0.721. The van der Waals surface area contributed by atoms with Gasteiger partial charge in [0.2, 0.25) is 0 Å². The van der Waals surface area contributed by atoms with Crippen molar-refractivity contribution in [1.82, 2.24) is 9.97 Å². The minimum atomic E-state index is -1.02. The molecule has 4 heteroatoms. The van der Waals surface area contributed by atoms with Crippen LogP contribution in [-0.2, 0) is 0 Å². The molecule has 1 aromatic carbocycles. The molecule has 0 fully saturated rings. The molecule has 4 nitrogen and oxygen atoms in total. The Morgan fingerprint density at radius 3 is 2.89 bits per heavy atom. The molecule has 0 radical (unpaired) electrons. The summed E-state index contributed by atoms with van der Waals surface area (Å²) in [5, 5.41) is 10.0. The zero-order valence-electron chi connectivity index (χ0n) is 9.42. The van der Waals surface area contributed by atoms with Crippen LogP contribution < -0.4 is 0 Å². The molecule has 0 saturated heterocycles. The third-order valence-electron chi connectivity index (χ3n) is 2.88. The number of fused-ring (bicyclic) bond motifs is 1. The summed E-state index contributed by atoms with van der Waals surface area (Å²) in [4.78, 5) is 17.9. The number of pyridine rings is 1. The second-order valence-electron chi connectivity index (χ2n) is 3.98. The molecule has 0 aliphatic carbocycles. The molecular formula is C14H10N2O2. The maximum absolute atomic E-state index is 10.9. The molecule has 18 heavy (non-hydrogen) atoms. The number of hydrogen-bond acceptors (Lipinski definition) is 2. The number of aromatic carboxylic acids is 1. The number of hydrogen-bond donors (Lipinski definition) is 2. The highest BCUT2D eigenvalue weighted by molar-refractivity contribution is 5.96. The number of carboxylic acid groups (broad SMARTS) is 1. The Bertz CT molecular complexity index is 731. The van der Waals surface area contributed by atoms with Gasteiger partial charge in [0.25, 0.3) is 0 Å². The van der Waals surface area contributed by atoms with Gasteiger partial charge in [-0.15, -0.1) is 0 Å². The van der Waals surface area contributed by atoms with Gasteiger partial charge in [0, 0.05) is 28.9 Å². The molecule has 0 atom stereocenters. The van der Waals surface area contributed by atoms with E-state index in [1.54, 1.807) is 6.07 Å². The van der Waals surface area contributed by atoms with Crippen LogP contribution in [0.15, 0.2) is 48.8 Å². The summed E-state index contributed by atoms with van der Waals surface area (Å²) in [7, 11) is 0. The lowest BCUT2D eigenvalue weighted by molar-refractivity contribution is 0.0690. The van der Waals surface area contributed by atoms with E-state index in [1.165, 1.54) is 6.20 Å². The molecule has 0 bridgehead atoms. The standard InChI is InChI=1S/C14H10N2O2/c17-14(18)13-7-9(5-6-15-13)11-8-16-12-4-2-1-3-10(11)12/h1-8,16H,(H,17,18). The number of nitrogens with zero attached hydrogens (tertiary/aromatic N) is 1. The highest BCUT2D eigenvalue weighted by atomic mass is 16.4. The minimum Gasteiger partial charge on any atom is -0.477 e. The van der Waals surface area contributed by atoms with Crippen molar-refractivity contribution in [2.24, 2.45) is 0 Å². The van der Waals surface area contributed by atoms with Gasteiger partial charge in [-0.05, 0) is 23.8 Å². The molecule has 0 spiro atoms. The average Bonchev–Trinajstić information content (AvgIpc) is 2.82. The number of H-pyrrole nitrogens is 1. The Kier molecular flexibility index (Phi) is 2.34. The van der Waals surface area contributed by atoms with E-state index in [1.807, 2.05) is 36.5 Å². The summed E-state index contributed by atoms with van der Waals surface area (Å²) >= 11 is 0. The number of benzene rings is 1. The molecule has 0 aliphatic rings. The predicted octanol–water partition coefficient (Wildman–Crippen LogP) is 2.93. The topological polar surface area (TPSA) is 66.0 Å². The van der Waals surface area contributed by atoms with E-state index in [2.05, 4.69) is 9.97 Å². The second kappa shape index (κ2) is 4.00. The van der Waals surface area contributed by atoms with Crippen LogP contribution in [0.4, 0.5) is 0 Å². The van der Waals surface area contributed by atoms with E-state index in [0.29, 0.717) is 0 Å². The van der Waals surface area contributed by atoms with Crippen LogP contribution in [0.2, 0.25) is 0 Å². The molecule has 2 N–H and O–H groups in total. The van der Waals surface area contributed by atoms with Crippen molar-refractivity contribution in [3.63, 3.8) is 0 Å². The van der Waals surface area contributed by atoms with Gasteiger partial charge in [0.1, 0.15) is 5.69 Å². The van der Waals surface area contributed by atoms with Gasteiger partial charge in [0.05, 0.1) is 0 Å².